The smallest absolute Gasteiger partial charge is 0.306 e. The highest BCUT2D eigenvalue weighted by molar-refractivity contribution is 5.71. The van der Waals surface area contributed by atoms with Crippen molar-refractivity contribution in [3.8, 4) is 0 Å². The van der Waals surface area contributed by atoms with Crippen LogP contribution in [0.2, 0.25) is 0 Å². The van der Waals surface area contributed by atoms with Crippen molar-refractivity contribution in [3.05, 3.63) is 60.8 Å². The molecule has 0 aliphatic heterocycles. The molecule has 79 heavy (non-hydrogen) atoms. The minimum atomic E-state index is -0.781. The van der Waals surface area contributed by atoms with Crippen LogP contribution in [0, 0.1) is 0 Å². The van der Waals surface area contributed by atoms with Crippen LogP contribution in [0.15, 0.2) is 60.8 Å². The first kappa shape index (κ1) is 76.1. The van der Waals surface area contributed by atoms with Crippen molar-refractivity contribution in [1.29, 1.82) is 0 Å². The highest BCUT2D eigenvalue weighted by atomic mass is 16.6. The van der Waals surface area contributed by atoms with Crippen LogP contribution in [0.4, 0.5) is 0 Å². The molecule has 0 radical (unpaired) electrons. The van der Waals surface area contributed by atoms with E-state index in [0.29, 0.717) is 19.3 Å². The quantitative estimate of drug-likeness (QED) is 0.0261. The summed E-state index contributed by atoms with van der Waals surface area (Å²) in [7, 11) is 0. The van der Waals surface area contributed by atoms with Crippen LogP contribution in [-0.2, 0) is 28.6 Å². The summed E-state index contributed by atoms with van der Waals surface area (Å²) in [6, 6.07) is 0. The molecule has 0 aliphatic rings. The Kier molecular flexibility index (Phi) is 65.1. The predicted octanol–water partition coefficient (Wildman–Crippen LogP) is 23.9. The third kappa shape index (κ3) is 65.8. The number of carbonyl (C=O) groups excluding carboxylic acids is 3. The van der Waals surface area contributed by atoms with Crippen LogP contribution in [0.3, 0.4) is 0 Å². The molecule has 0 aromatic heterocycles. The summed E-state index contributed by atoms with van der Waals surface area (Å²) in [5.74, 6) is -0.891. The number of esters is 3. The van der Waals surface area contributed by atoms with E-state index in [1.807, 2.05) is 0 Å². The number of unbranched alkanes of at least 4 members (excludes halogenated alkanes) is 43. The SMILES string of the molecule is CC/C=C\C/C=C\C/C=C\C/C=C\C/C=C\CCCCCCCC(=O)OC(COC(=O)CCCCCCCC)COC(=O)CCCCCCCCCCCCCCCCCCCCCCCCCCCCCCCCCCCC. The second kappa shape index (κ2) is 67.6. The average molecular weight is 1110 g/mol. The monoisotopic (exact) mass is 1110 g/mol. The van der Waals surface area contributed by atoms with E-state index < -0.39 is 6.10 Å². The number of ether oxygens (including phenoxy) is 3. The van der Waals surface area contributed by atoms with Gasteiger partial charge in [0.05, 0.1) is 0 Å². The molecule has 0 rings (SSSR count). The van der Waals surface area contributed by atoms with Crippen molar-refractivity contribution in [1.82, 2.24) is 0 Å². The van der Waals surface area contributed by atoms with Crippen LogP contribution >= 0.6 is 0 Å². The Bertz CT molecular complexity index is 1410. The van der Waals surface area contributed by atoms with Gasteiger partial charge in [0.25, 0.3) is 0 Å². The standard InChI is InChI=1S/C73H132O6/c1-4-7-10-13-16-18-20-22-24-26-28-30-31-32-33-34-35-36-37-38-39-40-41-42-44-45-47-49-51-53-55-57-60-63-66-72(75)78-69-70(68-77-71(74)65-62-59-15-12-9-6-3)79-73(76)67-64-61-58-56-54-52-50-48-46-43-29-27-25-23-21-19-17-14-11-8-5-2/h8,11,17,19,23,25,29,43,48,50,70H,4-7,9-10,12-16,18,20-22,24,26-28,30-42,44-47,49,51-69H2,1-3H3/b11-8-,19-17-,25-23-,43-29-,50-48-. The van der Waals surface area contributed by atoms with Gasteiger partial charge in [0.2, 0.25) is 0 Å². The zero-order valence-electron chi connectivity index (χ0n) is 52.9. The highest BCUT2D eigenvalue weighted by Gasteiger charge is 2.19. The van der Waals surface area contributed by atoms with Crippen molar-refractivity contribution in [3.63, 3.8) is 0 Å². The summed E-state index contributed by atoms with van der Waals surface area (Å²) >= 11 is 0. The molecular weight excluding hydrogens is 973 g/mol. The lowest BCUT2D eigenvalue weighted by atomic mass is 10.0. The first-order chi connectivity index (χ1) is 39.0. The minimum absolute atomic E-state index is 0.0790. The van der Waals surface area contributed by atoms with Gasteiger partial charge in [-0.25, -0.2) is 0 Å². The predicted molar refractivity (Wildman–Crippen MR) is 344 cm³/mol. The molecule has 6 heteroatoms. The number of hydrogen-bond acceptors (Lipinski definition) is 6. The maximum absolute atomic E-state index is 12.8. The Balaban J connectivity index is 3.95. The van der Waals surface area contributed by atoms with E-state index in [1.165, 1.54) is 218 Å². The Morgan fingerprint density at radius 1 is 0.266 bits per heavy atom. The van der Waals surface area contributed by atoms with Gasteiger partial charge in [-0.3, -0.25) is 14.4 Å². The molecule has 0 spiro atoms. The lowest BCUT2D eigenvalue weighted by Crippen LogP contribution is -2.30. The Morgan fingerprint density at radius 3 is 0.772 bits per heavy atom. The topological polar surface area (TPSA) is 78.9 Å². The molecule has 0 N–H and O–H groups in total. The van der Waals surface area contributed by atoms with E-state index in [4.69, 9.17) is 14.2 Å². The van der Waals surface area contributed by atoms with Crippen molar-refractivity contribution >= 4 is 17.9 Å². The van der Waals surface area contributed by atoms with Crippen LogP contribution < -0.4 is 0 Å². The second-order valence-corrected chi connectivity index (χ2v) is 23.4. The zero-order valence-corrected chi connectivity index (χ0v) is 52.9. The lowest BCUT2D eigenvalue weighted by molar-refractivity contribution is -0.167. The highest BCUT2D eigenvalue weighted by Crippen LogP contribution is 2.18. The van der Waals surface area contributed by atoms with Crippen LogP contribution in [0.5, 0.6) is 0 Å². The largest absolute Gasteiger partial charge is 0.462 e. The van der Waals surface area contributed by atoms with E-state index in [9.17, 15) is 14.4 Å². The van der Waals surface area contributed by atoms with Gasteiger partial charge in [-0.1, -0.05) is 345 Å². The third-order valence-electron chi connectivity index (χ3n) is 15.5. The molecule has 0 fully saturated rings. The molecule has 460 valence electrons. The Labute approximate surface area is 491 Å². The van der Waals surface area contributed by atoms with Crippen LogP contribution in [0.25, 0.3) is 0 Å². The minimum Gasteiger partial charge on any atom is -0.462 e. The molecule has 1 unspecified atom stereocenters. The fourth-order valence-electron chi connectivity index (χ4n) is 10.4. The van der Waals surface area contributed by atoms with Gasteiger partial charge in [-0.2, -0.15) is 0 Å². The van der Waals surface area contributed by atoms with Gasteiger partial charge < -0.3 is 14.2 Å². The first-order valence-corrected chi connectivity index (χ1v) is 34.8. The van der Waals surface area contributed by atoms with Gasteiger partial charge >= 0.3 is 17.9 Å². The second-order valence-electron chi connectivity index (χ2n) is 23.4. The van der Waals surface area contributed by atoms with Gasteiger partial charge in [0, 0.05) is 19.3 Å². The molecule has 6 nitrogen and oxygen atoms in total. The van der Waals surface area contributed by atoms with E-state index >= 15 is 0 Å². The normalized spacial score (nSPS) is 12.4. The van der Waals surface area contributed by atoms with Crippen molar-refractivity contribution in [2.45, 2.75) is 374 Å². The van der Waals surface area contributed by atoms with Crippen LogP contribution in [0.1, 0.15) is 367 Å². The van der Waals surface area contributed by atoms with Gasteiger partial charge in [-0.05, 0) is 64.2 Å². The summed E-state index contributed by atoms with van der Waals surface area (Å²) in [4.78, 5) is 38.0. The molecular formula is C73H132O6. The molecule has 0 aromatic carbocycles. The lowest BCUT2D eigenvalue weighted by Gasteiger charge is -2.18. The van der Waals surface area contributed by atoms with Crippen molar-refractivity contribution in [2.24, 2.45) is 0 Å². The van der Waals surface area contributed by atoms with E-state index in [0.717, 1.165) is 109 Å². The van der Waals surface area contributed by atoms with Gasteiger partial charge in [-0.15, -0.1) is 0 Å². The maximum atomic E-state index is 12.8. The Hall–Kier alpha value is -2.89. The molecule has 0 aliphatic carbocycles. The maximum Gasteiger partial charge on any atom is 0.306 e. The molecule has 0 amide bonds. The summed E-state index contributed by atoms with van der Waals surface area (Å²) in [5.41, 5.74) is 0. The molecule has 0 heterocycles. The summed E-state index contributed by atoms with van der Waals surface area (Å²) < 4.78 is 16.8. The van der Waals surface area contributed by atoms with E-state index in [-0.39, 0.29) is 31.1 Å². The fraction of sp³-hybridized carbons (Fsp3) is 0.822. The van der Waals surface area contributed by atoms with Gasteiger partial charge in [0.1, 0.15) is 13.2 Å². The fourth-order valence-corrected chi connectivity index (χ4v) is 10.4. The van der Waals surface area contributed by atoms with E-state index in [1.54, 1.807) is 0 Å². The first-order valence-electron chi connectivity index (χ1n) is 34.8. The summed E-state index contributed by atoms with van der Waals surface area (Å²) in [5, 5.41) is 0. The third-order valence-corrected chi connectivity index (χ3v) is 15.5. The molecule has 0 aromatic rings. The number of rotatable bonds is 64. The van der Waals surface area contributed by atoms with Crippen molar-refractivity contribution < 1.29 is 28.6 Å². The number of allylic oxidation sites excluding steroid dienone is 10. The summed E-state index contributed by atoms with van der Waals surface area (Å²) in [6.45, 7) is 6.50. The summed E-state index contributed by atoms with van der Waals surface area (Å²) in [6.07, 6.45) is 87.4. The van der Waals surface area contributed by atoms with Gasteiger partial charge in [0.15, 0.2) is 6.10 Å². The van der Waals surface area contributed by atoms with E-state index in [2.05, 4.69) is 81.5 Å². The molecule has 1 atom stereocenters. The molecule has 0 saturated heterocycles. The van der Waals surface area contributed by atoms with Crippen LogP contribution in [-0.4, -0.2) is 37.2 Å². The Morgan fingerprint density at radius 2 is 0.494 bits per heavy atom. The number of hydrogen-bond donors (Lipinski definition) is 0. The zero-order chi connectivity index (χ0) is 57.1. The molecule has 0 saturated carbocycles. The molecule has 0 bridgehead atoms. The number of carbonyl (C=O) groups is 3. The van der Waals surface area contributed by atoms with Crippen molar-refractivity contribution in [2.75, 3.05) is 13.2 Å². The average Bonchev–Trinajstić information content (AvgIpc) is 3.45.